The third kappa shape index (κ3) is 3.06. The summed E-state index contributed by atoms with van der Waals surface area (Å²) in [6.07, 6.45) is 0.899. The van der Waals surface area contributed by atoms with Crippen LogP contribution in [0.25, 0.3) is 0 Å². The molecule has 0 spiro atoms. The lowest BCUT2D eigenvalue weighted by molar-refractivity contribution is 0.0282. The quantitative estimate of drug-likeness (QED) is 0.861. The molecule has 2 atom stereocenters. The topological polar surface area (TPSA) is 23.5 Å². The predicted octanol–water partition coefficient (Wildman–Crippen LogP) is 2.26. The molecular weight excluding hydrogens is 266 g/mol. The molecule has 1 aliphatic rings. The van der Waals surface area contributed by atoms with Gasteiger partial charge in [-0.25, -0.2) is 0 Å². The van der Waals surface area contributed by atoms with E-state index in [-0.39, 0.29) is 6.10 Å². The van der Waals surface area contributed by atoms with E-state index in [9.17, 15) is 5.11 Å². The second-order valence-corrected chi connectivity index (χ2v) is 5.14. The Kier molecular flexibility index (Phi) is 4.38. The lowest BCUT2D eigenvalue weighted by atomic mass is 9.95. The van der Waals surface area contributed by atoms with Gasteiger partial charge in [0.2, 0.25) is 0 Å². The highest BCUT2D eigenvalue weighted by Crippen LogP contribution is 2.21. The van der Waals surface area contributed by atoms with Crippen LogP contribution >= 0.6 is 15.9 Å². The molecule has 1 heterocycles. The van der Waals surface area contributed by atoms with E-state index in [1.165, 1.54) is 5.56 Å². The van der Waals surface area contributed by atoms with E-state index in [2.05, 4.69) is 45.1 Å². The molecule has 2 rings (SSSR count). The number of likely N-dealkylation sites (tertiary alicyclic amines) is 1. The fraction of sp³-hybridized carbons (Fsp3) is 0.538. The van der Waals surface area contributed by atoms with Gasteiger partial charge in [0.25, 0.3) is 0 Å². The van der Waals surface area contributed by atoms with E-state index < -0.39 is 0 Å². The molecule has 2 nitrogen and oxygen atoms in total. The molecule has 0 amide bonds. The van der Waals surface area contributed by atoms with Crippen LogP contribution in [-0.2, 0) is 6.54 Å². The van der Waals surface area contributed by atoms with Crippen molar-refractivity contribution in [2.75, 3.05) is 18.4 Å². The van der Waals surface area contributed by atoms with Gasteiger partial charge in [-0.3, -0.25) is 4.90 Å². The van der Waals surface area contributed by atoms with Crippen LogP contribution in [0, 0.1) is 5.92 Å². The van der Waals surface area contributed by atoms with Crippen molar-refractivity contribution in [3.63, 3.8) is 0 Å². The Hall–Kier alpha value is -0.380. The third-order valence-electron chi connectivity index (χ3n) is 3.25. The van der Waals surface area contributed by atoms with Crippen LogP contribution in [0.4, 0.5) is 0 Å². The lowest BCUT2D eigenvalue weighted by Gasteiger charge is -2.35. The zero-order valence-electron chi connectivity index (χ0n) is 9.35. The van der Waals surface area contributed by atoms with Crippen LogP contribution in [0.3, 0.4) is 0 Å². The van der Waals surface area contributed by atoms with E-state index >= 15 is 0 Å². The van der Waals surface area contributed by atoms with Gasteiger partial charge >= 0.3 is 0 Å². The summed E-state index contributed by atoms with van der Waals surface area (Å²) in [6, 6.07) is 10.5. The number of β-amino-alcohol motifs (C(OH)–C–C–N with tert-alkyl or cyclic N) is 1. The summed E-state index contributed by atoms with van der Waals surface area (Å²) < 4.78 is 0. The van der Waals surface area contributed by atoms with Crippen molar-refractivity contribution in [2.45, 2.75) is 19.1 Å². The maximum absolute atomic E-state index is 9.95. The first-order chi connectivity index (χ1) is 7.79. The van der Waals surface area contributed by atoms with Gasteiger partial charge in [-0.05, 0) is 24.4 Å². The van der Waals surface area contributed by atoms with Gasteiger partial charge in [-0.2, -0.15) is 0 Å². The molecule has 0 bridgehead atoms. The molecule has 0 aliphatic carbocycles. The summed E-state index contributed by atoms with van der Waals surface area (Å²) in [4.78, 5) is 2.33. The highest BCUT2D eigenvalue weighted by Gasteiger charge is 2.26. The Morgan fingerprint density at radius 3 is 2.69 bits per heavy atom. The standard InChI is InChI=1S/C13H18BrNO/c14-8-12-6-7-15(10-13(12)16)9-11-4-2-1-3-5-11/h1-5,12-13,16H,6-10H2/t12-,13-/m0/s1. The monoisotopic (exact) mass is 283 g/mol. The molecule has 0 aromatic heterocycles. The van der Waals surface area contributed by atoms with Crippen LogP contribution in [0.15, 0.2) is 30.3 Å². The number of alkyl halides is 1. The fourth-order valence-corrected chi connectivity index (χ4v) is 2.97. The number of piperidine rings is 1. The molecule has 1 aromatic carbocycles. The molecule has 1 aliphatic heterocycles. The van der Waals surface area contributed by atoms with Crippen molar-refractivity contribution in [2.24, 2.45) is 5.92 Å². The number of aliphatic hydroxyl groups is 1. The third-order valence-corrected chi connectivity index (χ3v) is 4.08. The fourth-order valence-electron chi connectivity index (χ4n) is 2.21. The maximum Gasteiger partial charge on any atom is 0.0703 e. The van der Waals surface area contributed by atoms with E-state index in [1.54, 1.807) is 0 Å². The van der Waals surface area contributed by atoms with Crippen LogP contribution in [0.2, 0.25) is 0 Å². The largest absolute Gasteiger partial charge is 0.391 e. The molecule has 0 saturated carbocycles. The number of nitrogens with zero attached hydrogens (tertiary/aromatic N) is 1. The van der Waals surface area contributed by atoms with Crippen molar-refractivity contribution >= 4 is 15.9 Å². The first kappa shape index (κ1) is 12.1. The first-order valence-electron chi connectivity index (χ1n) is 5.80. The Bertz CT molecular complexity index is 317. The number of hydrogen-bond donors (Lipinski definition) is 1. The molecule has 1 N–H and O–H groups in total. The second-order valence-electron chi connectivity index (χ2n) is 4.49. The molecular formula is C13H18BrNO. The number of hydrogen-bond acceptors (Lipinski definition) is 2. The maximum atomic E-state index is 9.95. The molecule has 0 radical (unpaired) electrons. The van der Waals surface area contributed by atoms with Gasteiger partial charge in [-0.15, -0.1) is 0 Å². The Morgan fingerprint density at radius 2 is 2.06 bits per heavy atom. The molecule has 0 unspecified atom stereocenters. The van der Waals surface area contributed by atoms with Gasteiger partial charge in [0.1, 0.15) is 0 Å². The Labute approximate surface area is 105 Å². The van der Waals surface area contributed by atoms with Crippen LogP contribution in [0.5, 0.6) is 0 Å². The number of rotatable bonds is 3. The lowest BCUT2D eigenvalue weighted by Crippen LogP contribution is -2.43. The van der Waals surface area contributed by atoms with Gasteiger partial charge < -0.3 is 5.11 Å². The van der Waals surface area contributed by atoms with Crippen molar-refractivity contribution in [1.29, 1.82) is 0 Å². The van der Waals surface area contributed by atoms with Crippen molar-refractivity contribution < 1.29 is 5.11 Å². The summed E-state index contributed by atoms with van der Waals surface area (Å²) in [6.45, 7) is 2.83. The minimum absolute atomic E-state index is 0.183. The van der Waals surface area contributed by atoms with Crippen molar-refractivity contribution in [1.82, 2.24) is 4.90 Å². The minimum atomic E-state index is -0.183. The van der Waals surface area contributed by atoms with Gasteiger partial charge in [-0.1, -0.05) is 46.3 Å². The minimum Gasteiger partial charge on any atom is -0.391 e. The normalized spacial score (nSPS) is 26.9. The van der Waals surface area contributed by atoms with E-state index in [0.29, 0.717) is 5.92 Å². The zero-order valence-corrected chi connectivity index (χ0v) is 10.9. The summed E-state index contributed by atoms with van der Waals surface area (Å²) in [5.41, 5.74) is 1.33. The van der Waals surface area contributed by atoms with Crippen molar-refractivity contribution in [3.8, 4) is 0 Å². The summed E-state index contributed by atoms with van der Waals surface area (Å²) in [5, 5.41) is 10.9. The summed E-state index contributed by atoms with van der Waals surface area (Å²) in [7, 11) is 0. The average Bonchev–Trinajstić information content (AvgIpc) is 2.31. The predicted molar refractivity (Wildman–Crippen MR) is 69.6 cm³/mol. The first-order valence-corrected chi connectivity index (χ1v) is 6.92. The summed E-state index contributed by atoms with van der Waals surface area (Å²) in [5.74, 6) is 0.423. The average molecular weight is 284 g/mol. The SMILES string of the molecule is O[C@H]1CN(Cc2ccccc2)CC[C@H]1CBr. The van der Waals surface area contributed by atoms with E-state index in [1.807, 2.05) is 6.07 Å². The Morgan fingerprint density at radius 1 is 1.31 bits per heavy atom. The number of aliphatic hydroxyl groups excluding tert-OH is 1. The molecule has 1 fully saturated rings. The Balaban J connectivity index is 1.89. The number of benzene rings is 1. The summed E-state index contributed by atoms with van der Waals surface area (Å²) >= 11 is 3.46. The van der Waals surface area contributed by atoms with Crippen LogP contribution in [0.1, 0.15) is 12.0 Å². The zero-order chi connectivity index (χ0) is 11.4. The highest BCUT2D eigenvalue weighted by atomic mass is 79.9. The van der Waals surface area contributed by atoms with Crippen molar-refractivity contribution in [3.05, 3.63) is 35.9 Å². The molecule has 1 saturated heterocycles. The number of halogens is 1. The molecule has 16 heavy (non-hydrogen) atoms. The van der Waals surface area contributed by atoms with E-state index in [0.717, 1.165) is 31.4 Å². The van der Waals surface area contributed by atoms with Gasteiger partial charge in [0, 0.05) is 18.4 Å². The van der Waals surface area contributed by atoms with E-state index in [4.69, 9.17) is 0 Å². The van der Waals surface area contributed by atoms with Gasteiger partial charge in [0.15, 0.2) is 0 Å². The second kappa shape index (κ2) is 5.80. The smallest absolute Gasteiger partial charge is 0.0703 e. The molecule has 1 aromatic rings. The van der Waals surface area contributed by atoms with Crippen LogP contribution < -0.4 is 0 Å². The molecule has 3 heteroatoms. The molecule has 88 valence electrons. The highest BCUT2D eigenvalue weighted by molar-refractivity contribution is 9.09. The van der Waals surface area contributed by atoms with Crippen LogP contribution in [-0.4, -0.2) is 34.5 Å². The van der Waals surface area contributed by atoms with Gasteiger partial charge in [0.05, 0.1) is 6.10 Å².